The maximum absolute atomic E-state index is 13.4. The van der Waals surface area contributed by atoms with E-state index in [0.717, 1.165) is 147 Å². The highest BCUT2D eigenvalue weighted by molar-refractivity contribution is 5.96. The van der Waals surface area contributed by atoms with Crippen molar-refractivity contribution in [3.8, 4) is 0 Å². The number of hydrogen-bond acceptors (Lipinski definition) is 15. The molecule has 2 amide bonds. The topological polar surface area (TPSA) is 231 Å². The lowest BCUT2D eigenvalue weighted by molar-refractivity contribution is -0.146. The Morgan fingerprint density at radius 3 is 1.10 bits per heavy atom. The Morgan fingerprint density at radius 1 is 0.440 bits per heavy atom. The van der Waals surface area contributed by atoms with Crippen LogP contribution in [-0.4, -0.2) is 164 Å². The highest BCUT2D eigenvalue weighted by Gasteiger charge is 2.33. The van der Waals surface area contributed by atoms with Gasteiger partial charge in [0.1, 0.15) is 18.4 Å². The maximum Gasteiger partial charge on any atom is 0.305 e. The summed E-state index contributed by atoms with van der Waals surface area (Å²) in [6, 6.07) is -1.27. The minimum atomic E-state index is -0.644. The third-order valence-corrected chi connectivity index (χ3v) is 18.5. The monoisotopic (exact) mass is 1300 g/mol. The predicted octanol–water partition coefficient (Wildman–Crippen LogP) is 14.2. The lowest BCUT2D eigenvalue weighted by Crippen LogP contribution is -2.61. The molecule has 10 unspecified atom stereocenters. The fourth-order valence-corrected chi connectivity index (χ4v) is 12.0. The molecule has 0 bridgehead atoms. The molecule has 0 radical (unpaired) electrons. The molecule has 1 saturated heterocycles. The molecule has 17 heteroatoms. The summed E-state index contributed by atoms with van der Waals surface area (Å²) >= 11 is 0. The smallest absolute Gasteiger partial charge is 0.305 e. The Kier molecular flexibility index (Phi) is 58.3. The van der Waals surface area contributed by atoms with Crippen molar-refractivity contribution < 1.29 is 63.0 Å². The summed E-state index contributed by atoms with van der Waals surface area (Å²) in [5.41, 5.74) is 0. The van der Waals surface area contributed by atoms with E-state index in [1.54, 1.807) is 7.11 Å². The largest absolute Gasteiger partial charge is 0.465 e. The molecule has 0 aromatic rings. The van der Waals surface area contributed by atoms with Crippen molar-refractivity contribution in [3.05, 3.63) is 0 Å². The molecule has 1 aliphatic rings. The van der Waals surface area contributed by atoms with Gasteiger partial charge >= 0.3 is 17.9 Å². The summed E-state index contributed by atoms with van der Waals surface area (Å²) in [6.45, 7) is 25.3. The van der Waals surface area contributed by atoms with Crippen molar-refractivity contribution in [1.82, 2.24) is 20.4 Å². The lowest BCUT2D eigenvalue weighted by Gasteiger charge is -2.31. The van der Waals surface area contributed by atoms with Gasteiger partial charge in [0, 0.05) is 65.6 Å². The standard InChI is InChI=1S/C65H122N4O12.C9H20O/c1-8-14-31-53(11-4)49-79-61(74)39-22-19-30-52(7)45-68(46-57(72)35-20-23-40-62(75)80-50-54(12-5)32-15-9-2)42-27-25-37-59-64(77)67-60(65(78)66-59)38-26-28-43-69(47-56(71)34-18-17-29-44-70)48-58(73)36-21-24-41-63(76)81-51-55(13-6)33-16-10-3;1-4-6-7-9(5-2)8-10-3/h44,52-60,71-73H,8-43,45-51H2,1-7H3,(H,66,78)(H,67,77);9H,4-8H2,1-3H3. The Balaban J connectivity index is 0.00000739. The summed E-state index contributed by atoms with van der Waals surface area (Å²) in [7, 11) is 1.79. The van der Waals surface area contributed by atoms with Crippen molar-refractivity contribution in [1.29, 1.82) is 0 Å². The number of nitrogens with one attached hydrogen (secondary N) is 2. The van der Waals surface area contributed by atoms with Crippen LogP contribution in [-0.2, 0) is 47.7 Å². The van der Waals surface area contributed by atoms with Crippen LogP contribution < -0.4 is 10.6 Å². The van der Waals surface area contributed by atoms with Crippen LogP contribution in [0.5, 0.6) is 0 Å². The van der Waals surface area contributed by atoms with E-state index in [-0.39, 0.29) is 29.7 Å². The number of aliphatic hydroxyl groups excluding tert-OH is 3. The molecule has 1 rings (SSSR count). The van der Waals surface area contributed by atoms with Crippen molar-refractivity contribution >= 4 is 36.0 Å². The zero-order valence-electron chi connectivity index (χ0n) is 60.1. The molecular weight excluding hydrogens is 1150 g/mol. The number of carbonyl (C=O) groups is 6. The molecule has 0 spiro atoms. The minimum absolute atomic E-state index is 0.121. The first-order valence-corrected chi connectivity index (χ1v) is 37.4. The second-order valence-corrected chi connectivity index (χ2v) is 27.1. The third kappa shape index (κ3) is 49.9. The zero-order chi connectivity index (χ0) is 67.7. The highest BCUT2D eigenvalue weighted by Crippen LogP contribution is 2.21. The zero-order valence-corrected chi connectivity index (χ0v) is 60.1. The molecule has 10 atom stereocenters. The van der Waals surface area contributed by atoms with Crippen LogP contribution in [0.4, 0.5) is 0 Å². The van der Waals surface area contributed by atoms with E-state index in [0.29, 0.717) is 172 Å². The van der Waals surface area contributed by atoms with Gasteiger partial charge in [-0.15, -0.1) is 0 Å². The van der Waals surface area contributed by atoms with Crippen molar-refractivity contribution in [2.75, 3.05) is 72.8 Å². The Morgan fingerprint density at radius 2 is 0.769 bits per heavy atom. The molecule has 1 aliphatic heterocycles. The van der Waals surface area contributed by atoms with Gasteiger partial charge in [-0.25, -0.2) is 0 Å². The Labute approximate surface area is 556 Å². The molecule has 0 aromatic carbocycles. The minimum Gasteiger partial charge on any atom is -0.465 e. The Hall–Kier alpha value is -3.22. The summed E-state index contributed by atoms with van der Waals surface area (Å²) in [4.78, 5) is 79.3. The first kappa shape index (κ1) is 87.8. The van der Waals surface area contributed by atoms with Crippen LogP contribution in [0.25, 0.3) is 0 Å². The van der Waals surface area contributed by atoms with E-state index in [9.17, 15) is 44.1 Å². The van der Waals surface area contributed by atoms with Gasteiger partial charge < -0.3 is 54.6 Å². The van der Waals surface area contributed by atoms with Gasteiger partial charge in [0.15, 0.2) is 0 Å². The Bertz CT molecular complexity index is 1710. The molecule has 5 N–H and O–H groups in total. The molecule has 1 heterocycles. The first-order chi connectivity index (χ1) is 43.9. The quantitative estimate of drug-likeness (QED) is 0.0165. The molecule has 91 heavy (non-hydrogen) atoms. The summed E-state index contributed by atoms with van der Waals surface area (Å²) in [5, 5.41) is 39.1. The average Bonchev–Trinajstić information content (AvgIpc) is 1.44. The van der Waals surface area contributed by atoms with Gasteiger partial charge in [0.25, 0.3) is 0 Å². The predicted molar refractivity (Wildman–Crippen MR) is 370 cm³/mol. The number of aldehydes is 1. The number of amides is 2. The van der Waals surface area contributed by atoms with Gasteiger partial charge in [0.2, 0.25) is 11.8 Å². The lowest BCUT2D eigenvalue weighted by atomic mass is 10.00. The molecule has 1 fully saturated rings. The van der Waals surface area contributed by atoms with Crippen molar-refractivity contribution in [2.24, 2.45) is 29.6 Å². The highest BCUT2D eigenvalue weighted by atomic mass is 16.5. The number of carbonyl (C=O) groups excluding carboxylic acids is 6. The number of nitrogens with zero attached hydrogens (tertiary/aromatic N) is 2. The van der Waals surface area contributed by atoms with Crippen LogP contribution in [0.3, 0.4) is 0 Å². The summed E-state index contributed by atoms with van der Waals surface area (Å²) in [5.74, 6) is 1.48. The molecule has 0 aliphatic carbocycles. The molecular formula is C74H142N4O13. The number of piperazine rings is 1. The summed E-state index contributed by atoms with van der Waals surface area (Å²) in [6.07, 6.45) is 31.1. The van der Waals surface area contributed by atoms with Crippen molar-refractivity contribution in [3.63, 3.8) is 0 Å². The van der Waals surface area contributed by atoms with E-state index in [2.05, 4.69) is 82.7 Å². The average molecular weight is 1300 g/mol. The van der Waals surface area contributed by atoms with Crippen LogP contribution in [0, 0.1) is 29.6 Å². The number of unbranched alkanes of at least 4 members (excludes halogenated alkanes) is 11. The van der Waals surface area contributed by atoms with E-state index in [1.807, 2.05) is 0 Å². The van der Waals surface area contributed by atoms with E-state index < -0.39 is 30.4 Å². The fourth-order valence-electron chi connectivity index (χ4n) is 12.0. The van der Waals surface area contributed by atoms with E-state index >= 15 is 0 Å². The maximum atomic E-state index is 13.4. The molecule has 0 aromatic heterocycles. The van der Waals surface area contributed by atoms with E-state index in [1.165, 1.54) is 25.7 Å². The first-order valence-electron chi connectivity index (χ1n) is 37.4. The number of methoxy groups -OCH3 is 1. The van der Waals surface area contributed by atoms with Gasteiger partial charge in [0.05, 0.1) is 38.1 Å². The fraction of sp³-hybridized carbons (Fsp3) is 0.919. The van der Waals surface area contributed by atoms with Crippen LogP contribution in [0.15, 0.2) is 0 Å². The number of rotatable bonds is 62. The van der Waals surface area contributed by atoms with Gasteiger partial charge in [-0.3, -0.25) is 28.9 Å². The van der Waals surface area contributed by atoms with Crippen LogP contribution in [0.2, 0.25) is 0 Å². The molecule has 0 saturated carbocycles. The van der Waals surface area contributed by atoms with Gasteiger partial charge in [-0.2, -0.15) is 0 Å². The van der Waals surface area contributed by atoms with Crippen LogP contribution in [0.1, 0.15) is 306 Å². The third-order valence-electron chi connectivity index (χ3n) is 18.5. The summed E-state index contributed by atoms with van der Waals surface area (Å²) < 4.78 is 21.9. The number of esters is 3. The SMILES string of the molecule is CCCCC(CC)COC.CCCCC(CC)COC(=O)CCCCC(C)CN(CCCCC1NC(=O)C(CCCCN(CC(O)CCCCC=O)CC(O)CCCCC(=O)OCC(CC)CCCC)NC1=O)CC(O)CCCCC(=O)OCC(CC)CCCC. The second-order valence-electron chi connectivity index (χ2n) is 27.1. The number of ether oxygens (including phenoxy) is 4. The van der Waals surface area contributed by atoms with Crippen molar-refractivity contribution in [2.45, 2.75) is 337 Å². The van der Waals surface area contributed by atoms with Gasteiger partial charge in [-0.05, 0) is 158 Å². The molecule has 536 valence electrons. The number of hydrogen-bond donors (Lipinski definition) is 5. The normalized spacial score (nSPS) is 16.8. The van der Waals surface area contributed by atoms with E-state index in [4.69, 9.17) is 18.9 Å². The van der Waals surface area contributed by atoms with Gasteiger partial charge in [-0.1, -0.05) is 165 Å². The second kappa shape index (κ2) is 60.4. The number of aliphatic hydroxyl groups is 3. The van der Waals surface area contributed by atoms with Crippen LogP contribution >= 0.6 is 0 Å². The molecule has 17 nitrogen and oxygen atoms in total.